The Morgan fingerprint density at radius 1 is 1.00 bits per heavy atom. The molecule has 0 spiro atoms. The van der Waals surface area contributed by atoms with Gasteiger partial charge >= 0.3 is 6.03 Å². The fourth-order valence-corrected chi connectivity index (χ4v) is 2.98. The molecule has 1 heterocycles. The van der Waals surface area contributed by atoms with Gasteiger partial charge in [0, 0.05) is 5.02 Å². The first kappa shape index (κ1) is 19.6. The highest BCUT2D eigenvalue weighted by Gasteiger charge is 2.36. The summed E-state index contributed by atoms with van der Waals surface area (Å²) in [6.07, 6.45) is 3.49. The van der Waals surface area contributed by atoms with E-state index in [4.69, 9.17) is 11.6 Å². The predicted molar refractivity (Wildman–Crippen MR) is 110 cm³/mol. The van der Waals surface area contributed by atoms with Gasteiger partial charge in [0.25, 0.3) is 11.8 Å². The first-order chi connectivity index (χ1) is 13.4. The third-order valence-corrected chi connectivity index (χ3v) is 4.36. The fourth-order valence-electron chi connectivity index (χ4n) is 2.86. The number of halogens is 1. The topological polar surface area (TPSA) is 66.5 Å². The number of rotatable bonds is 4. The minimum Gasteiger partial charge on any atom is -0.273 e. The van der Waals surface area contributed by atoms with Gasteiger partial charge in [-0.25, -0.2) is 9.69 Å². The van der Waals surface area contributed by atoms with Crippen molar-refractivity contribution >= 4 is 40.7 Å². The quantitative estimate of drug-likeness (QED) is 0.609. The van der Waals surface area contributed by atoms with Gasteiger partial charge in [-0.2, -0.15) is 0 Å². The Kier molecular flexibility index (Phi) is 5.76. The number of barbiturate groups is 1. The van der Waals surface area contributed by atoms with Crippen LogP contribution in [0.2, 0.25) is 5.02 Å². The minimum absolute atomic E-state index is 0.106. The largest absolute Gasteiger partial charge is 0.335 e. The molecule has 1 saturated heterocycles. The molecule has 142 valence electrons. The molecular formula is C22H19ClN2O3. The van der Waals surface area contributed by atoms with Gasteiger partial charge in [-0.05, 0) is 47.4 Å². The molecule has 1 N–H and O–H groups in total. The lowest BCUT2D eigenvalue weighted by molar-refractivity contribution is -0.122. The number of carbonyl (C=O) groups is 3. The van der Waals surface area contributed by atoms with Crippen LogP contribution in [-0.2, 0) is 9.59 Å². The van der Waals surface area contributed by atoms with Crippen LogP contribution in [0.25, 0.3) is 5.57 Å². The van der Waals surface area contributed by atoms with Crippen LogP contribution >= 0.6 is 11.6 Å². The van der Waals surface area contributed by atoms with Gasteiger partial charge in [0.1, 0.15) is 5.57 Å². The Hall–Kier alpha value is -3.18. The number of allylic oxidation sites excluding steroid dienone is 3. The summed E-state index contributed by atoms with van der Waals surface area (Å²) >= 11 is 5.88. The van der Waals surface area contributed by atoms with Crippen molar-refractivity contribution < 1.29 is 14.4 Å². The molecule has 1 aliphatic rings. The molecule has 1 fully saturated rings. The number of hydrogen-bond donors (Lipinski definition) is 1. The lowest BCUT2D eigenvalue weighted by Crippen LogP contribution is -2.54. The molecule has 4 amide bonds. The Labute approximate surface area is 168 Å². The highest BCUT2D eigenvalue weighted by molar-refractivity contribution is 6.38. The molecule has 2 aromatic carbocycles. The van der Waals surface area contributed by atoms with Crippen LogP contribution in [0.1, 0.15) is 19.4 Å². The Balaban J connectivity index is 2.05. The van der Waals surface area contributed by atoms with Crippen molar-refractivity contribution in [3.63, 3.8) is 0 Å². The van der Waals surface area contributed by atoms with Crippen molar-refractivity contribution in [1.82, 2.24) is 5.32 Å². The van der Waals surface area contributed by atoms with Gasteiger partial charge in [0.15, 0.2) is 0 Å². The number of benzene rings is 2. The lowest BCUT2D eigenvalue weighted by Gasteiger charge is -2.26. The zero-order valence-corrected chi connectivity index (χ0v) is 16.2. The summed E-state index contributed by atoms with van der Waals surface area (Å²) in [5, 5.41) is 2.71. The molecule has 6 heteroatoms. The third kappa shape index (κ3) is 4.21. The predicted octanol–water partition coefficient (Wildman–Crippen LogP) is 4.59. The number of imide groups is 2. The molecule has 0 bridgehead atoms. The first-order valence-electron chi connectivity index (χ1n) is 8.81. The molecule has 0 atom stereocenters. The Bertz CT molecular complexity index is 977. The van der Waals surface area contributed by atoms with Crippen molar-refractivity contribution in [1.29, 1.82) is 0 Å². The number of hydrogen-bond acceptors (Lipinski definition) is 3. The molecule has 0 saturated carbocycles. The smallest absolute Gasteiger partial charge is 0.273 e. The Morgan fingerprint density at radius 2 is 1.64 bits per heavy atom. The molecule has 2 aromatic rings. The van der Waals surface area contributed by atoms with E-state index in [0.717, 1.165) is 16.0 Å². The number of urea groups is 1. The van der Waals surface area contributed by atoms with Crippen molar-refractivity contribution in [3.05, 3.63) is 82.9 Å². The number of nitrogens with one attached hydrogen (secondary N) is 1. The van der Waals surface area contributed by atoms with E-state index in [0.29, 0.717) is 10.7 Å². The highest BCUT2D eigenvalue weighted by atomic mass is 35.5. The average Bonchev–Trinajstić information content (AvgIpc) is 2.66. The summed E-state index contributed by atoms with van der Waals surface area (Å²) in [5.74, 6) is -1.20. The van der Waals surface area contributed by atoms with Crippen LogP contribution in [0.3, 0.4) is 0 Å². The molecule has 0 aromatic heterocycles. The number of carbonyl (C=O) groups excluding carboxylic acids is 3. The molecule has 1 aliphatic heterocycles. The summed E-state index contributed by atoms with van der Waals surface area (Å²) in [7, 11) is 0. The molecule has 28 heavy (non-hydrogen) atoms. The molecule has 0 radical (unpaired) electrons. The van der Waals surface area contributed by atoms with E-state index in [-0.39, 0.29) is 11.5 Å². The van der Waals surface area contributed by atoms with Crippen LogP contribution in [0.15, 0.2) is 72.3 Å². The van der Waals surface area contributed by atoms with E-state index >= 15 is 0 Å². The summed E-state index contributed by atoms with van der Waals surface area (Å²) in [5.41, 5.74) is 1.84. The van der Waals surface area contributed by atoms with Gasteiger partial charge in [-0.3, -0.25) is 14.9 Å². The molecule has 0 unspecified atom stereocenters. The summed E-state index contributed by atoms with van der Waals surface area (Å²) in [6, 6.07) is 14.9. The summed E-state index contributed by atoms with van der Waals surface area (Å²) in [6.45, 7) is 4.02. The van der Waals surface area contributed by atoms with Crippen LogP contribution < -0.4 is 10.2 Å². The number of amides is 4. The van der Waals surface area contributed by atoms with Gasteiger partial charge in [0.2, 0.25) is 0 Å². The van der Waals surface area contributed by atoms with Crippen LogP contribution in [-0.4, -0.2) is 17.8 Å². The second-order valence-electron chi connectivity index (χ2n) is 6.67. The number of anilines is 1. The third-order valence-electron chi connectivity index (χ3n) is 4.11. The lowest BCUT2D eigenvalue weighted by atomic mass is 9.98. The van der Waals surface area contributed by atoms with E-state index in [1.54, 1.807) is 24.3 Å². The van der Waals surface area contributed by atoms with Gasteiger partial charge in [-0.1, -0.05) is 61.9 Å². The van der Waals surface area contributed by atoms with Crippen molar-refractivity contribution in [3.8, 4) is 0 Å². The monoisotopic (exact) mass is 394 g/mol. The van der Waals surface area contributed by atoms with Gasteiger partial charge in [0.05, 0.1) is 5.69 Å². The van der Waals surface area contributed by atoms with Crippen molar-refractivity contribution in [2.45, 2.75) is 13.8 Å². The summed E-state index contributed by atoms with van der Waals surface area (Å²) in [4.78, 5) is 38.6. The maximum atomic E-state index is 13.0. The van der Waals surface area contributed by atoms with Crippen molar-refractivity contribution in [2.24, 2.45) is 5.92 Å². The Morgan fingerprint density at radius 3 is 2.25 bits per heavy atom. The standard InChI is InChI=1S/C22H19ClN2O3/c1-14(2)12-16(15-6-4-3-5-7-15)13-19-20(26)24-22(28)25(21(19)27)18-10-8-17(23)9-11-18/h3-14H,1-2H3,(H,24,26,28)/b16-12-,19-13-. The van der Waals surface area contributed by atoms with E-state index in [1.165, 1.54) is 6.08 Å². The van der Waals surface area contributed by atoms with Gasteiger partial charge < -0.3 is 0 Å². The van der Waals surface area contributed by atoms with E-state index in [9.17, 15) is 14.4 Å². The van der Waals surface area contributed by atoms with E-state index < -0.39 is 17.8 Å². The molecular weight excluding hydrogens is 376 g/mol. The van der Waals surface area contributed by atoms with E-state index in [1.807, 2.05) is 50.3 Å². The normalized spacial score (nSPS) is 16.7. The molecule has 3 rings (SSSR count). The minimum atomic E-state index is -0.788. The highest BCUT2D eigenvalue weighted by Crippen LogP contribution is 2.25. The van der Waals surface area contributed by atoms with Gasteiger partial charge in [-0.15, -0.1) is 0 Å². The fraction of sp³-hybridized carbons (Fsp3) is 0.136. The zero-order valence-electron chi connectivity index (χ0n) is 15.5. The maximum absolute atomic E-state index is 13.0. The molecule has 5 nitrogen and oxygen atoms in total. The second-order valence-corrected chi connectivity index (χ2v) is 7.10. The zero-order chi connectivity index (χ0) is 20.3. The maximum Gasteiger partial charge on any atom is 0.335 e. The summed E-state index contributed by atoms with van der Waals surface area (Å²) < 4.78 is 0. The second kappa shape index (κ2) is 8.23. The van der Waals surface area contributed by atoms with Crippen LogP contribution in [0, 0.1) is 5.92 Å². The number of nitrogens with zero attached hydrogens (tertiary/aromatic N) is 1. The van der Waals surface area contributed by atoms with Crippen molar-refractivity contribution in [2.75, 3.05) is 4.90 Å². The first-order valence-corrected chi connectivity index (χ1v) is 9.19. The van der Waals surface area contributed by atoms with Crippen LogP contribution in [0.4, 0.5) is 10.5 Å². The average molecular weight is 395 g/mol. The molecule has 0 aliphatic carbocycles. The SMILES string of the molecule is CC(C)/C=C(/C=C1/C(=O)NC(=O)N(c2ccc(Cl)cc2)C1=O)c1ccccc1. The van der Waals surface area contributed by atoms with Crippen LogP contribution in [0.5, 0.6) is 0 Å². The van der Waals surface area contributed by atoms with E-state index in [2.05, 4.69) is 5.32 Å².